The molecular formula is C16H11ClN4. The van der Waals surface area contributed by atoms with E-state index in [4.69, 9.17) is 11.6 Å². The largest absolute Gasteiger partial charge is 0.239 e. The van der Waals surface area contributed by atoms with Crippen LogP contribution >= 0.6 is 11.6 Å². The number of aromatic nitrogens is 3. The number of nitrogens with zero attached hydrogens (tertiary/aromatic N) is 4. The second-order valence-corrected chi connectivity index (χ2v) is 4.99. The Morgan fingerprint density at radius 1 is 1.10 bits per heavy atom. The normalized spacial score (nSPS) is 10.3. The van der Waals surface area contributed by atoms with Crippen LogP contribution in [0.5, 0.6) is 0 Å². The molecule has 3 aromatic rings. The molecule has 3 rings (SSSR count). The first kappa shape index (κ1) is 13.3. The van der Waals surface area contributed by atoms with Gasteiger partial charge in [0.05, 0.1) is 6.54 Å². The van der Waals surface area contributed by atoms with Gasteiger partial charge >= 0.3 is 0 Å². The summed E-state index contributed by atoms with van der Waals surface area (Å²) in [6, 6.07) is 19.3. The van der Waals surface area contributed by atoms with Crippen LogP contribution in [0.2, 0.25) is 5.02 Å². The highest BCUT2D eigenvalue weighted by Gasteiger charge is 2.15. The van der Waals surface area contributed by atoms with E-state index >= 15 is 0 Å². The predicted octanol–water partition coefficient (Wildman–Crippen LogP) is 3.52. The molecule has 0 amide bonds. The minimum Gasteiger partial charge on any atom is -0.239 e. The molecule has 0 aliphatic carbocycles. The van der Waals surface area contributed by atoms with Crippen molar-refractivity contribution >= 4 is 11.6 Å². The number of hydrogen-bond acceptors (Lipinski definition) is 3. The molecule has 0 radical (unpaired) electrons. The third kappa shape index (κ3) is 2.78. The van der Waals surface area contributed by atoms with Crippen LogP contribution < -0.4 is 0 Å². The van der Waals surface area contributed by atoms with Crippen molar-refractivity contribution in [3.8, 4) is 17.3 Å². The fraction of sp³-hybridized carbons (Fsp3) is 0.0625. The van der Waals surface area contributed by atoms with E-state index in [1.165, 1.54) is 0 Å². The number of halogens is 1. The van der Waals surface area contributed by atoms with E-state index in [2.05, 4.69) is 16.4 Å². The van der Waals surface area contributed by atoms with Crippen molar-refractivity contribution in [2.45, 2.75) is 6.54 Å². The van der Waals surface area contributed by atoms with Crippen molar-refractivity contribution in [1.29, 1.82) is 5.26 Å². The van der Waals surface area contributed by atoms with Gasteiger partial charge in [-0.25, -0.2) is 4.68 Å². The van der Waals surface area contributed by atoms with Crippen LogP contribution in [0.1, 0.15) is 11.3 Å². The van der Waals surface area contributed by atoms with Crippen LogP contribution in [0.25, 0.3) is 11.3 Å². The fourth-order valence-corrected chi connectivity index (χ4v) is 2.37. The Kier molecular flexibility index (Phi) is 3.67. The maximum atomic E-state index is 9.23. The van der Waals surface area contributed by atoms with E-state index in [1.54, 1.807) is 10.7 Å². The van der Waals surface area contributed by atoms with Gasteiger partial charge in [-0.2, -0.15) is 5.26 Å². The number of hydrogen-bond donors (Lipinski definition) is 0. The molecule has 1 heterocycles. The summed E-state index contributed by atoms with van der Waals surface area (Å²) >= 11 is 6.04. The fourth-order valence-electron chi connectivity index (χ4n) is 2.18. The zero-order valence-electron chi connectivity index (χ0n) is 11.1. The van der Waals surface area contributed by atoms with Gasteiger partial charge in [0.2, 0.25) is 0 Å². The van der Waals surface area contributed by atoms with E-state index in [0.717, 1.165) is 11.1 Å². The Morgan fingerprint density at radius 2 is 1.90 bits per heavy atom. The van der Waals surface area contributed by atoms with E-state index in [0.29, 0.717) is 23.0 Å². The average Bonchev–Trinajstić information content (AvgIpc) is 2.91. The maximum Gasteiger partial charge on any atom is 0.190 e. The van der Waals surface area contributed by atoms with Crippen LogP contribution in [0, 0.1) is 11.3 Å². The molecule has 0 unspecified atom stereocenters. The molecule has 2 aromatic carbocycles. The lowest BCUT2D eigenvalue weighted by atomic mass is 10.1. The quantitative estimate of drug-likeness (QED) is 0.742. The summed E-state index contributed by atoms with van der Waals surface area (Å²) < 4.78 is 1.72. The Bertz CT molecular complexity index is 803. The summed E-state index contributed by atoms with van der Waals surface area (Å²) in [4.78, 5) is 0. The maximum absolute atomic E-state index is 9.23. The van der Waals surface area contributed by atoms with Crippen LogP contribution in [-0.2, 0) is 6.54 Å². The summed E-state index contributed by atoms with van der Waals surface area (Å²) in [6.07, 6.45) is 0. The third-order valence-corrected chi connectivity index (χ3v) is 3.35. The molecule has 4 nitrogen and oxygen atoms in total. The summed E-state index contributed by atoms with van der Waals surface area (Å²) in [6.45, 7) is 0.553. The van der Waals surface area contributed by atoms with Gasteiger partial charge in [-0.15, -0.1) is 5.10 Å². The lowest BCUT2D eigenvalue weighted by molar-refractivity contribution is 0.655. The molecule has 0 N–H and O–H groups in total. The van der Waals surface area contributed by atoms with Crippen LogP contribution in [0.4, 0.5) is 0 Å². The topological polar surface area (TPSA) is 54.5 Å². The SMILES string of the molecule is N#Cc1nnn(Cc2ccccc2)c1-c1cccc(Cl)c1. The van der Waals surface area contributed by atoms with Gasteiger partial charge in [0.15, 0.2) is 5.69 Å². The molecule has 0 saturated heterocycles. The van der Waals surface area contributed by atoms with Crippen LogP contribution in [-0.4, -0.2) is 15.0 Å². The lowest BCUT2D eigenvalue weighted by Crippen LogP contribution is -2.04. The van der Waals surface area contributed by atoms with Crippen LogP contribution in [0.15, 0.2) is 54.6 Å². The Morgan fingerprint density at radius 3 is 2.62 bits per heavy atom. The van der Waals surface area contributed by atoms with Gasteiger partial charge in [-0.05, 0) is 17.7 Å². The Balaban J connectivity index is 2.07. The van der Waals surface area contributed by atoms with E-state index in [9.17, 15) is 5.26 Å². The molecule has 5 heteroatoms. The monoisotopic (exact) mass is 294 g/mol. The molecule has 0 saturated carbocycles. The number of benzene rings is 2. The average molecular weight is 295 g/mol. The van der Waals surface area contributed by atoms with E-state index in [-0.39, 0.29) is 0 Å². The zero-order chi connectivity index (χ0) is 14.7. The summed E-state index contributed by atoms with van der Waals surface area (Å²) in [5, 5.41) is 17.9. The minimum atomic E-state index is 0.299. The van der Waals surface area contributed by atoms with Crippen molar-refractivity contribution in [3.05, 3.63) is 70.9 Å². The molecule has 0 atom stereocenters. The standard InChI is InChI=1S/C16H11ClN4/c17-14-8-4-7-13(9-14)16-15(10-18)19-20-21(16)11-12-5-2-1-3-6-12/h1-9H,11H2. The molecule has 0 aliphatic rings. The van der Waals surface area contributed by atoms with Gasteiger partial charge in [-0.1, -0.05) is 59.3 Å². The number of rotatable bonds is 3. The van der Waals surface area contributed by atoms with Gasteiger partial charge in [-0.3, -0.25) is 0 Å². The van der Waals surface area contributed by atoms with Crippen molar-refractivity contribution < 1.29 is 0 Å². The van der Waals surface area contributed by atoms with Gasteiger partial charge in [0.25, 0.3) is 0 Å². The third-order valence-electron chi connectivity index (χ3n) is 3.11. The highest BCUT2D eigenvalue weighted by molar-refractivity contribution is 6.30. The van der Waals surface area contributed by atoms with Crippen molar-refractivity contribution in [1.82, 2.24) is 15.0 Å². The molecule has 21 heavy (non-hydrogen) atoms. The lowest BCUT2D eigenvalue weighted by Gasteiger charge is -2.07. The predicted molar refractivity (Wildman–Crippen MR) is 80.7 cm³/mol. The molecule has 0 bridgehead atoms. The zero-order valence-corrected chi connectivity index (χ0v) is 11.8. The molecular weight excluding hydrogens is 284 g/mol. The van der Waals surface area contributed by atoms with Gasteiger partial charge < -0.3 is 0 Å². The summed E-state index contributed by atoms with van der Waals surface area (Å²) in [7, 11) is 0. The molecule has 0 fully saturated rings. The van der Waals surface area contributed by atoms with Crippen molar-refractivity contribution in [2.24, 2.45) is 0 Å². The first-order chi connectivity index (χ1) is 10.3. The second-order valence-electron chi connectivity index (χ2n) is 4.55. The second kappa shape index (κ2) is 5.78. The molecule has 102 valence electrons. The molecule has 0 aliphatic heterocycles. The highest BCUT2D eigenvalue weighted by atomic mass is 35.5. The van der Waals surface area contributed by atoms with E-state index in [1.807, 2.05) is 48.5 Å². The Labute approximate surface area is 127 Å². The van der Waals surface area contributed by atoms with Gasteiger partial charge in [0, 0.05) is 10.6 Å². The van der Waals surface area contributed by atoms with Crippen molar-refractivity contribution in [3.63, 3.8) is 0 Å². The highest BCUT2D eigenvalue weighted by Crippen LogP contribution is 2.25. The van der Waals surface area contributed by atoms with Crippen LogP contribution in [0.3, 0.4) is 0 Å². The van der Waals surface area contributed by atoms with E-state index < -0.39 is 0 Å². The summed E-state index contributed by atoms with van der Waals surface area (Å²) in [5.41, 5.74) is 2.91. The van der Waals surface area contributed by atoms with Gasteiger partial charge in [0.1, 0.15) is 11.8 Å². The smallest absolute Gasteiger partial charge is 0.190 e. The number of nitriles is 1. The molecule has 0 spiro atoms. The van der Waals surface area contributed by atoms with Crippen molar-refractivity contribution in [2.75, 3.05) is 0 Å². The first-order valence-electron chi connectivity index (χ1n) is 6.41. The first-order valence-corrected chi connectivity index (χ1v) is 6.79. The molecule has 1 aromatic heterocycles. The minimum absolute atomic E-state index is 0.299. The summed E-state index contributed by atoms with van der Waals surface area (Å²) in [5.74, 6) is 0. The Hall–Kier alpha value is -2.64.